The normalized spacial score (nSPS) is 10.6. The quantitative estimate of drug-likeness (QED) is 0.825. The average molecular weight is 248 g/mol. The first-order valence-corrected chi connectivity index (χ1v) is 5.56. The van der Waals surface area contributed by atoms with E-state index in [1.165, 1.54) is 0 Å². The molecule has 3 N–H and O–H groups in total. The van der Waals surface area contributed by atoms with Crippen molar-refractivity contribution in [3.8, 4) is 0 Å². The molecule has 0 bridgehead atoms. The number of hydrogen-bond donors (Lipinski definition) is 2. The van der Waals surface area contributed by atoms with E-state index < -0.39 is 0 Å². The fraction of sp³-hybridized carbons (Fsp3) is 0.364. The van der Waals surface area contributed by atoms with Gasteiger partial charge in [-0.25, -0.2) is 0 Å². The maximum absolute atomic E-state index is 11.8. The van der Waals surface area contributed by atoms with Crippen molar-refractivity contribution in [1.82, 2.24) is 19.6 Å². The maximum Gasteiger partial charge on any atom is 0.247 e. The van der Waals surface area contributed by atoms with Gasteiger partial charge in [-0.1, -0.05) is 0 Å². The second-order valence-corrected chi connectivity index (χ2v) is 4.21. The van der Waals surface area contributed by atoms with Crippen LogP contribution in [0.5, 0.6) is 0 Å². The molecule has 0 aromatic carbocycles. The first-order valence-electron chi connectivity index (χ1n) is 5.56. The second kappa shape index (κ2) is 4.52. The van der Waals surface area contributed by atoms with Gasteiger partial charge in [0.2, 0.25) is 5.91 Å². The first kappa shape index (κ1) is 12.2. The van der Waals surface area contributed by atoms with Crippen LogP contribution in [-0.4, -0.2) is 25.5 Å². The van der Waals surface area contributed by atoms with Crippen molar-refractivity contribution in [2.24, 2.45) is 7.05 Å². The van der Waals surface area contributed by atoms with Crippen molar-refractivity contribution >= 4 is 17.5 Å². The zero-order valence-electron chi connectivity index (χ0n) is 10.6. The smallest absolute Gasteiger partial charge is 0.247 e. The summed E-state index contributed by atoms with van der Waals surface area (Å²) < 4.78 is 3.26. The molecule has 0 fully saturated rings. The third-order valence-electron chi connectivity index (χ3n) is 2.67. The Balaban J connectivity index is 2.03. The molecule has 2 aromatic rings. The van der Waals surface area contributed by atoms with Crippen LogP contribution in [0.3, 0.4) is 0 Å². The largest absolute Gasteiger partial charge is 0.382 e. The summed E-state index contributed by atoms with van der Waals surface area (Å²) in [6.45, 7) is 3.89. The van der Waals surface area contributed by atoms with Crippen LogP contribution < -0.4 is 11.1 Å². The van der Waals surface area contributed by atoms with Crippen LogP contribution in [0.25, 0.3) is 0 Å². The zero-order valence-corrected chi connectivity index (χ0v) is 10.6. The lowest BCUT2D eigenvalue weighted by molar-refractivity contribution is -0.117. The van der Waals surface area contributed by atoms with Gasteiger partial charge in [0.25, 0.3) is 0 Å². The Bertz CT molecular complexity index is 563. The molecule has 1 amide bonds. The number of nitrogen functional groups attached to an aromatic ring is 1. The van der Waals surface area contributed by atoms with Crippen LogP contribution in [-0.2, 0) is 18.4 Å². The van der Waals surface area contributed by atoms with E-state index in [4.69, 9.17) is 5.73 Å². The molecule has 0 atom stereocenters. The lowest BCUT2D eigenvalue weighted by atomic mass is 10.4. The molecule has 2 aromatic heterocycles. The van der Waals surface area contributed by atoms with Gasteiger partial charge in [-0.3, -0.25) is 14.2 Å². The van der Waals surface area contributed by atoms with E-state index in [2.05, 4.69) is 15.5 Å². The lowest BCUT2D eigenvalue weighted by Gasteiger charge is -2.03. The highest BCUT2D eigenvalue weighted by Crippen LogP contribution is 2.08. The van der Waals surface area contributed by atoms with Gasteiger partial charge in [-0.15, -0.1) is 0 Å². The number of nitrogens with zero attached hydrogens (tertiary/aromatic N) is 4. The highest BCUT2D eigenvalue weighted by molar-refractivity contribution is 5.89. The minimum atomic E-state index is -0.181. The number of nitrogens with two attached hydrogens (primary N) is 1. The van der Waals surface area contributed by atoms with Gasteiger partial charge >= 0.3 is 0 Å². The van der Waals surface area contributed by atoms with Crippen molar-refractivity contribution < 1.29 is 4.79 Å². The third-order valence-corrected chi connectivity index (χ3v) is 2.67. The molecular formula is C11H16N6O. The van der Waals surface area contributed by atoms with Crippen LogP contribution in [0.2, 0.25) is 0 Å². The number of carbonyl (C=O) groups is 1. The van der Waals surface area contributed by atoms with E-state index >= 15 is 0 Å². The first-order chi connectivity index (χ1) is 8.45. The minimum Gasteiger partial charge on any atom is -0.382 e. The van der Waals surface area contributed by atoms with E-state index in [0.29, 0.717) is 11.6 Å². The summed E-state index contributed by atoms with van der Waals surface area (Å²) in [5.74, 6) is 0.770. The number of aromatic nitrogens is 4. The fourth-order valence-electron chi connectivity index (χ4n) is 1.64. The van der Waals surface area contributed by atoms with E-state index in [1.54, 1.807) is 15.4 Å². The van der Waals surface area contributed by atoms with Crippen molar-refractivity contribution in [3.63, 3.8) is 0 Å². The number of anilines is 2. The van der Waals surface area contributed by atoms with Gasteiger partial charge in [0.05, 0.1) is 0 Å². The molecule has 0 aliphatic rings. The molecule has 7 heteroatoms. The SMILES string of the molecule is Cc1cc(NC(=O)Cn2nc(N)cc2C)nn1C. The molecule has 0 unspecified atom stereocenters. The molecule has 2 rings (SSSR count). The average Bonchev–Trinajstić information content (AvgIpc) is 2.71. The van der Waals surface area contributed by atoms with Crippen molar-refractivity contribution in [2.75, 3.05) is 11.1 Å². The number of carbonyl (C=O) groups excluding carboxylic acids is 1. The summed E-state index contributed by atoms with van der Waals surface area (Å²) in [5, 5.41) is 10.9. The Morgan fingerprint density at radius 2 is 2.06 bits per heavy atom. The summed E-state index contributed by atoms with van der Waals surface area (Å²) in [7, 11) is 1.82. The molecular weight excluding hydrogens is 232 g/mol. The lowest BCUT2D eigenvalue weighted by Crippen LogP contribution is -2.20. The topological polar surface area (TPSA) is 90.8 Å². The summed E-state index contributed by atoms with van der Waals surface area (Å²) in [6, 6.07) is 3.53. The Labute approximate surface area is 105 Å². The molecule has 96 valence electrons. The van der Waals surface area contributed by atoms with Crippen LogP contribution in [0, 0.1) is 13.8 Å². The third kappa shape index (κ3) is 2.50. The highest BCUT2D eigenvalue weighted by atomic mass is 16.2. The van der Waals surface area contributed by atoms with Crippen molar-refractivity contribution in [1.29, 1.82) is 0 Å². The Morgan fingerprint density at radius 3 is 2.56 bits per heavy atom. The molecule has 0 aliphatic carbocycles. The summed E-state index contributed by atoms with van der Waals surface area (Å²) in [4.78, 5) is 11.8. The predicted molar refractivity (Wildman–Crippen MR) is 68.0 cm³/mol. The Hall–Kier alpha value is -2.31. The van der Waals surface area contributed by atoms with Gasteiger partial charge < -0.3 is 11.1 Å². The van der Waals surface area contributed by atoms with Crippen LogP contribution in [0.4, 0.5) is 11.6 Å². The number of nitrogens with one attached hydrogen (secondary N) is 1. The molecule has 0 radical (unpaired) electrons. The fourth-order valence-corrected chi connectivity index (χ4v) is 1.64. The monoisotopic (exact) mass is 248 g/mol. The number of amides is 1. The summed E-state index contributed by atoms with van der Waals surface area (Å²) in [6.07, 6.45) is 0. The van der Waals surface area contributed by atoms with E-state index in [9.17, 15) is 4.79 Å². The Morgan fingerprint density at radius 1 is 1.33 bits per heavy atom. The Kier molecular flexibility index (Phi) is 3.05. The van der Waals surface area contributed by atoms with Crippen LogP contribution >= 0.6 is 0 Å². The number of hydrogen-bond acceptors (Lipinski definition) is 4. The van der Waals surface area contributed by atoms with Crippen molar-refractivity contribution in [2.45, 2.75) is 20.4 Å². The highest BCUT2D eigenvalue weighted by Gasteiger charge is 2.09. The molecule has 0 saturated heterocycles. The molecule has 0 spiro atoms. The van der Waals surface area contributed by atoms with Gasteiger partial charge in [-0.05, 0) is 13.8 Å². The van der Waals surface area contributed by atoms with Crippen LogP contribution in [0.1, 0.15) is 11.4 Å². The number of rotatable bonds is 3. The zero-order chi connectivity index (χ0) is 13.3. The number of aryl methyl sites for hydroxylation is 3. The minimum absolute atomic E-state index is 0.124. The predicted octanol–water partition coefficient (Wildman–Crippen LogP) is 0.454. The summed E-state index contributed by atoms with van der Waals surface area (Å²) in [5.41, 5.74) is 7.38. The summed E-state index contributed by atoms with van der Waals surface area (Å²) >= 11 is 0. The van der Waals surface area contributed by atoms with Gasteiger partial charge in [0.15, 0.2) is 5.82 Å². The van der Waals surface area contributed by atoms with E-state index in [1.807, 2.05) is 27.0 Å². The molecule has 0 saturated carbocycles. The second-order valence-electron chi connectivity index (χ2n) is 4.21. The van der Waals surface area contributed by atoms with Gasteiger partial charge in [-0.2, -0.15) is 10.2 Å². The van der Waals surface area contributed by atoms with Gasteiger partial charge in [0.1, 0.15) is 12.4 Å². The van der Waals surface area contributed by atoms with Crippen molar-refractivity contribution in [3.05, 3.63) is 23.5 Å². The van der Waals surface area contributed by atoms with Gasteiger partial charge in [0, 0.05) is 30.6 Å². The van der Waals surface area contributed by atoms with Crippen LogP contribution in [0.15, 0.2) is 12.1 Å². The molecule has 18 heavy (non-hydrogen) atoms. The standard InChI is InChI=1S/C11H16N6O/c1-7-5-10(15-16(7)3)13-11(18)6-17-8(2)4-9(12)14-17/h4-5H,6H2,1-3H3,(H2,12,14)(H,13,15,18). The molecule has 7 nitrogen and oxygen atoms in total. The van der Waals surface area contributed by atoms with E-state index in [0.717, 1.165) is 11.4 Å². The molecule has 0 aliphatic heterocycles. The maximum atomic E-state index is 11.8. The molecule has 2 heterocycles. The van der Waals surface area contributed by atoms with E-state index in [-0.39, 0.29) is 12.5 Å².